The summed E-state index contributed by atoms with van der Waals surface area (Å²) in [5.41, 5.74) is 4.86. The lowest BCUT2D eigenvalue weighted by Gasteiger charge is -2.13. The molecule has 0 radical (unpaired) electrons. The summed E-state index contributed by atoms with van der Waals surface area (Å²) in [6.07, 6.45) is 0.582. The van der Waals surface area contributed by atoms with Crippen molar-refractivity contribution in [3.63, 3.8) is 0 Å². The molecule has 3 aromatic heterocycles. The highest BCUT2D eigenvalue weighted by atomic mass is 16.2. The van der Waals surface area contributed by atoms with Crippen LogP contribution in [0.1, 0.15) is 18.3 Å². The predicted octanol–water partition coefficient (Wildman–Crippen LogP) is 4.80. The first kappa shape index (κ1) is 26.0. The van der Waals surface area contributed by atoms with Crippen molar-refractivity contribution in [2.24, 2.45) is 0 Å². The molecule has 0 atom stereocenters. The number of rotatable bonds is 7. The Bertz CT molecular complexity index is 2160. The molecule has 0 unspecified atom stereocenters. The van der Waals surface area contributed by atoms with Crippen molar-refractivity contribution in [2.45, 2.75) is 19.9 Å². The Balaban J connectivity index is 1.38. The van der Waals surface area contributed by atoms with Crippen molar-refractivity contribution in [2.75, 3.05) is 0 Å². The molecule has 0 fully saturated rings. The van der Waals surface area contributed by atoms with Gasteiger partial charge in [-0.3, -0.25) is 4.79 Å². The fraction of sp³-hybridized carbons (Fsp3) is 0.0909. The molecule has 0 amide bonds. The molecule has 0 bridgehead atoms. The van der Waals surface area contributed by atoms with Gasteiger partial charge in [0.15, 0.2) is 17.0 Å². The quantitative estimate of drug-likeness (QED) is 0.296. The Morgan fingerprint density at radius 3 is 1.98 bits per heavy atom. The summed E-state index contributed by atoms with van der Waals surface area (Å²) in [7, 11) is 0. The van der Waals surface area contributed by atoms with Crippen LogP contribution in [0.3, 0.4) is 0 Å². The summed E-state index contributed by atoms with van der Waals surface area (Å²) in [6.45, 7) is 2.40. The molecule has 10 heteroatoms. The maximum Gasteiger partial charge on any atom is 0.342 e. The number of nitrogens with one attached hydrogen (secondary N) is 1. The molecule has 10 nitrogen and oxygen atoms in total. The van der Waals surface area contributed by atoms with Crippen LogP contribution in [0, 0.1) is 0 Å². The number of fused-ring (bicyclic) bond motifs is 1. The molecule has 0 aliphatic carbocycles. The van der Waals surface area contributed by atoms with Crippen LogP contribution in [-0.4, -0.2) is 39.3 Å². The first-order chi connectivity index (χ1) is 21.1. The van der Waals surface area contributed by atoms with Crippen LogP contribution < -0.4 is 11.2 Å². The van der Waals surface area contributed by atoms with E-state index >= 15 is 0 Å². The lowest BCUT2D eigenvalue weighted by Crippen LogP contribution is -2.39. The second kappa shape index (κ2) is 10.8. The SMILES string of the molecule is CCc1nc2c(c(=O)n(-c3ccccc3)c(=O)n2-c2ccccc2)n1Cc1ccc(-c2ccccc2-c2nnn[nH]2)cc1. The molecule has 4 aromatic carbocycles. The molecule has 0 aliphatic rings. The van der Waals surface area contributed by atoms with Crippen LogP contribution in [0.15, 0.2) is 119 Å². The Kier molecular flexibility index (Phi) is 6.55. The van der Waals surface area contributed by atoms with Crippen LogP contribution in [-0.2, 0) is 13.0 Å². The first-order valence-corrected chi connectivity index (χ1v) is 13.9. The monoisotopic (exact) mass is 566 g/mol. The maximum atomic E-state index is 14.1. The number of tetrazole rings is 1. The van der Waals surface area contributed by atoms with E-state index in [1.54, 1.807) is 12.1 Å². The fourth-order valence-electron chi connectivity index (χ4n) is 5.48. The van der Waals surface area contributed by atoms with Gasteiger partial charge in [-0.2, -0.15) is 0 Å². The predicted molar refractivity (Wildman–Crippen MR) is 164 cm³/mol. The number of nitrogens with zero attached hydrogens (tertiary/aromatic N) is 7. The van der Waals surface area contributed by atoms with Crippen molar-refractivity contribution in [1.29, 1.82) is 0 Å². The number of hydrogen-bond acceptors (Lipinski definition) is 6. The highest BCUT2D eigenvalue weighted by Gasteiger charge is 2.23. The number of aromatic amines is 1. The van der Waals surface area contributed by atoms with E-state index in [1.807, 2.05) is 109 Å². The fourth-order valence-corrected chi connectivity index (χ4v) is 5.48. The molecule has 43 heavy (non-hydrogen) atoms. The number of aromatic nitrogens is 8. The van der Waals surface area contributed by atoms with Gasteiger partial charge >= 0.3 is 5.69 Å². The van der Waals surface area contributed by atoms with E-state index in [0.29, 0.717) is 47.2 Å². The molecule has 7 rings (SSSR count). The number of hydrogen-bond donors (Lipinski definition) is 1. The number of benzene rings is 4. The van der Waals surface area contributed by atoms with Gasteiger partial charge < -0.3 is 4.57 Å². The minimum atomic E-state index is -0.466. The molecule has 210 valence electrons. The van der Waals surface area contributed by atoms with Gasteiger partial charge in [-0.1, -0.05) is 91.9 Å². The summed E-state index contributed by atoms with van der Waals surface area (Å²) >= 11 is 0. The molecular weight excluding hydrogens is 540 g/mol. The molecule has 1 N–H and O–H groups in total. The van der Waals surface area contributed by atoms with Gasteiger partial charge in [0.1, 0.15) is 5.82 Å². The van der Waals surface area contributed by atoms with E-state index < -0.39 is 11.2 Å². The summed E-state index contributed by atoms with van der Waals surface area (Å²) in [5, 5.41) is 14.3. The van der Waals surface area contributed by atoms with Crippen molar-refractivity contribution in [1.82, 2.24) is 39.3 Å². The van der Waals surface area contributed by atoms with Gasteiger partial charge in [0.2, 0.25) is 0 Å². The summed E-state index contributed by atoms with van der Waals surface area (Å²) in [5.74, 6) is 1.31. The lowest BCUT2D eigenvalue weighted by molar-refractivity contribution is 0.745. The standard InChI is InChI=1S/C33H26N8O2/c1-2-28-34-31-29(32(42)41(25-13-7-4-8-14-25)33(43)40(31)24-11-5-3-6-12-24)39(28)21-22-17-19-23(20-18-22)26-15-9-10-16-27(26)30-35-37-38-36-30/h3-20H,2,21H2,1H3,(H,35,36,37,38). The lowest BCUT2D eigenvalue weighted by atomic mass is 9.98. The summed E-state index contributed by atoms with van der Waals surface area (Å²) in [6, 6.07) is 34.4. The number of imidazole rings is 1. The highest BCUT2D eigenvalue weighted by Crippen LogP contribution is 2.30. The van der Waals surface area contributed by atoms with Crippen molar-refractivity contribution < 1.29 is 0 Å². The second-order valence-electron chi connectivity index (χ2n) is 10.1. The van der Waals surface area contributed by atoms with Crippen LogP contribution >= 0.6 is 0 Å². The third-order valence-electron chi connectivity index (χ3n) is 7.51. The van der Waals surface area contributed by atoms with Gasteiger partial charge in [0.05, 0.1) is 11.4 Å². The van der Waals surface area contributed by atoms with Gasteiger partial charge in [-0.15, -0.1) is 5.10 Å². The Morgan fingerprint density at radius 1 is 0.721 bits per heavy atom. The van der Waals surface area contributed by atoms with Crippen LogP contribution in [0.5, 0.6) is 0 Å². The zero-order valence-corrected chi connectivity index (χ0v) is 23.3. The zero-order chi connectivity index (χ0) is 29.3. The summed E-state index contributed by atoms with van der Waals surface area (Å²) < 4.78 is 4.68. The minimum Gasteiger partial charge on any atom is -0.318 e. The summed E-state index contributed by atoms with van der Waals surface area (Å²) in [4.78, 5) is 32.9. The molecule has 0 spiro atoms. The van der Waals surface area contributed by atoms with Crippen LogP contribution in [0.4, 0.5) is 0 Å². The third-order valence-corrected chi connectivity index (χ3v) is 7.51. The van der Waals surface area contributed by atoms with Crippen molar-refractivity contribution >= 4 is 11.2 Å². The Morgan fingerprint density at radius 2 is 1.35 bits per heavy atom. The molecule has 0 aliphatic heterocycles. The van der Waals surface area contributed by atoms with E-state index in [0.717, 1.165) is 22.3 Å². The maximum absolute atomic E-state index is 14.1. The Labute approximate surface area is 245 Å². The zero-order valence-electron chi connectivity index (χ0n) is 23.3. The topological polar surface area (TPSA) is 116 Å². The van der Waals surface area contributed by atoms with Gasteiger partial charge in [0.25, 0.3) is 5.56 Å². The molecule has 3 heterocycles. The Hall–Kier alpha value is -5.90. The van der Waals surface area contributed by atoms with E-state index in [-0.39, 0.29) is 0 Å². The highest BCUT2D eigenvalue weighted by molar-refractivity contribution is 5.80. The smallest absolute Gasteiger partial charge is 0.318 e. The number of aryl methyl sites for hydroxylation is 1. The molecule has 7 aromatic rings. The van der Waals surface area contributed by atoms with E-state index in [1.165, 1.54) is 9.13 Å². The third kappa shape index (κ3) is 4.55. The van der Waals surface area contributed by atoms with Gasteiger partial charge in [-0.25, -0.2) is 24.0 Å². The van der Waals surface area contributed by atoms with Crippen LogP contribution in [0.25, 0.3) is 45.1 Å². The second-order valence-corrected chi connectivity index (χ2v) is 10.1. The average Bonchev–Trinajstić information content (AvgIpc) is 3.72. The van der Waals surface area contributed by atoms with Gasteiger partial charge in [-0.05, 0) is 51.4 Å². The number of para-hydroxylation sites is 2. The van der Waals surface area contributed by atoms with E-state index in [2.05, 4.69) is 20.6 Å². The van der Waals surface area contributed by atoms with E-state index in [9.17, 15) is 9.59 Å². The normalized spacial score (nSPS) is 11.3. The van der Waals surface area contributed by atoms with Gasteiger partial charge in [0, 0.05) is 18.5 Å². The van der Waals surface area contributed by atoms with Crippen LogP contribution in [0.2, 0.25) is 0 Å². The molecule has 0 saturated heterocycles. The minimum absolute atomic E-state index is 0.344. The van der Waals surface area contributed by atoms with E-state index in [4.69, 9.17) is 4.98 Å². The number of H-pyrrole nitrogens is 1. The van der Waals surface area contributed by atoms with Crippen molar-refractivity contribution in [3.8, 4) is 33.9 Å². The molecule has 0 saturated carbocycles. The average molecular weight is 567 g/mol. The first-order valence-electron chi connectivity index (χ1n) is 13.9. The largest absolute Gasteiger partial charge is 0.342 e. The van der Waals surface area contributed by atoms with Crippen molar-refractivity contribution in [3.05, 3.63) is 141 Å². The molecular formula is C33H26N8O2.